The lowest BCUT2D eigenvalue weighted by molar-refractivity contribution is -0.141. The molecule has 0 amide bonds. The van der Waals surface area contributed by atoms with Crippen molar-refractivity contribution in [3.05, 3.63) is 35.9 Å². The monoisotopic (exact) mass is 222 g/mol. The van der Waals surface area contributed by atoms with Crippen molar-refractivity contribution in [2.45, 2.75) is 32.3 Å². The number of carboxylic acid groups (broad SMARTS) is 1. The standard InChI is InChI=1S/C13H18O3/c1-13(2,3)16-9-11(12(14)15)10-7-5-4-6-8-10/h4-8,11H,9H2,1-3H3,(H,14,15). The zero-order valence-electron chi connectivity index (χ0n) is 9.93. The minimum Gasteiger partial charge on any atom is -0.481 e. The lowest BCUT2D eigenvalue weighted by atomic mass is 10.00. The van der Waals surface area contributed by atoms with E-state index in [0.717, 1.165) is 5.56 Å². The Labute approximate surface area is 96.1 Å². The minimum absolute atomic E-state index is 0.197. The van der Waals surface area contributed by atoms with Gasteiger partial charge in [0, 0.05) is 0 Å². The van der Waals surface area contributed by atoms with Gasteiger partial charge in [-0.3, -0.25) is 4.79 Å². The van der Waals surface area contributed by atoms with Crippen LogP contribution >= 0.6 is 0 Å². The highest BCUT2D eigenvalue weighted by Gasteiger charge is 2.22. The fourth-order valence-corrected chi connectivity index (χ4v) is 1.33. The predicted octanol–water partition coefficient (Wildman–Crippen LogP) is 2.67. The van der Waals surface area contributed by atoms with E-state index < -0.39 is 11.9 Å². The Morgan fingerprint density at radius 3 is 2.31 bits per heavy atom. The van der Waals surface area contributed by atoms with Crippen LogP contribution in [0.3, 0.4) is 0 Å². The number of aliphatic carboxylic acids is 1. The highest BCUT2D eigenvalue weighted by Crippen LogP contribution is 2.19. The van der Waals surface area contributed by atoms with Crippen LogP contribution in [0.15, 0.2) is 30.3 Å². The number of hydrogen-bond acceptors (Lipinski definition) is 2. The van der Waals surface area contributed by atoms with Crippen LogP contribution in [0.4, 0.5) is 0 Å². The Balaban J connectivity index is 2.74. The van der Waals surface area contributed by atoms with Crippen molar-refractivity contribution in [1.82, 2.24) is 0 Å². The van der Waals surface area contributed by atoms with Crippen molar-refractivity contribution >= 4 is 5.97 Å². The predicted molar refractivity (Wildman–Crippen MR) is 62.5 cm³/mol. The molecule has 0 aliphatic heterocycles. The first-order chi connectivity index (χ1) is 7.40. The Morgan fingerprint density at radius 2 is 1.88 bits per heavy atom. The van der Waals surface area contributed by atoms with Gasteiger partial charge in [0.15, 0.2) is 0 Å². The minimum atomic E-state index is -0.851. The maximum Gasteiger partial charge on any atom is 0.313 e. The fourth-order valence-electron chi connectivity index (χ4n) is 1.33. The summed E-state index contributed by atoms with van der Waals surface area (Å²) in [7, 11) is 0. The van der Waals surface area contributed by atoms with E-state index in [1.807, 2.05) is 51.1 Å². The first kappa shape index (κ1) is 12.7. The Hall–Kier alpha value is -1.35. The number of hydrogen-bond donors (Lipinski definition) is 1. The molecule has 0 saturated carbocycles. The van der Waals surface area contributed by atoms with Crippen LogP contribution in [0.2, 0.25) is 0 Å². The average molecular weight is 222 g/mol. The summed E-state index contributed by atoms with van der Waals surface area (Å²) in [4.78, 5) is 11.1. The smallest absolute Gasteiger partial charge is 0.313 e. The van der Waals surface area contributed by atoms with Gasteiger partial charge in [0.2, 0.25) is 0 Å². The third-order valence-corrected chi connectivity index (χ3v) is 2.18. The van der Waals surface area contributed by atoms with Crippen molar-refractivity contribution < 1.29 is 14.6 Å². The summed E-state index contributed by atoms with van der Waals surface area (Å²) in [5.74, 6) is -1.45. The zero-order valence-corrected chi connectivity index (χ0v) is 9.93. The van der Waals surface area contributed by atoms with E-state index in [-0.39, 0.29) is 12.2 Å². The molecule has 1 unspecified atom stereocenters. The van der Waals surface area contributed by atoms with Gasteiger partial charge in [-0.05, 0) is 26.3 Å². The van der Waals surface area contributed by atoms with Crippen LogP contribution in [0, 0.1) is 0 Å². The number of carboxylic acids is 1. The summed E-state index contributed by atoms with van der Waals surface area (Å²) in [6.45, 7) is 5.94. The van der Waals surface area contributed by atoms with E-state index in [1.165, 1.54) is 0 Å². The lowest BCUT2D eigenvalue weighted by Crippen LogP contribution is -2.26. The van der Waals surface area contributed by atoms with Crippen LogP contribution in [0.1, 0.15) is 32.3 Å². The van der Waals surface area contributed by atoms with Crippen molar-refractivity contribution in [3.63, 3.8) is 0 Å². The second-order valence-corrected chi connectivity index (χ2v) is 4.72. The summed E-state index contributed by atoms with van der Waals surface area (Å²) in [5, 5.41) is 9.14. The van der Waals surface area contributed by atoms with Gasteiger partial charge in [0.05, 0.1) is 12.2 Å². The van der Waals surface area contributed by atoms with Crippen LogP contribution in [-0.2, 0) is 9.53 Å². The van der Waals surface area contributed by atoms with Crippen molar-refractivity contribution in [2.24, 2.45) is 0 Å². The summed E-state index contributed by atoms with van der Waals surface area (Å²) >= 11 is 0. The van der Waals surface area contributed by atoms with Crippen LogP contribution in [-0.4, -0.2) is 23.3 Å². The Kier molecular flexibility index (Phi) is 4.07. The van der Waals surface area contributed by atoms with E-state index >= 15 is 0 Å². The molecule has 1 N–H and O–H groups in total. The topological polar surface area (TPSA) is 46.5 Å². The highest BCUT2D eigenvalue weighted by molar-refractivity contribution is 5.76. The number of benzene rings is 1. The van der Waals surface area contributed by atoms with Gasteiger partial charge in [-0.15, -0.1) is 0 Å². The molecular formula is C13H18O3. The van der Waals surface area contributed by atoms with Gasteiger partial charge in [0.25, 0.3) is 0 Å². The number of ether oxygens (including phenoxy) is 1. The molecule has 0 bridgehead atoms. The van der Waals surface area contributed by atoms with Gasteiger partial charge in [-0.1, -0.05) is 30.3 Å². The molecule has 0 heterocycles. The van der Waals surface area contributed by atoms with E-state index in [9.17, 15) is 4.79 Å². The lowest BCUT2D eigenvalue weighted by Gasteiger charge is -2.22. The largest absolute Gasteiger partial charge is 0.481 e. The van der Waals surface area contributed by atoms with Crippen LogP contribution in [0.5, 0.6) is 0 Å². The molecule has 0 spiro atoms. The molecule has 0 aliphatic carbocycles. The van der Waals surface area contributed by atoms with E-state index in [1.54, 1.807) is 0 Å². The molecule has 1 aromatic carbocycles. The second kappa shape index (κ2) is 5.12. The molecular weight excluding hydrogens is 204 g/mol. The second-order valence-electron chi connectivity index (χ2n) is 4.72. The molecule has 0 saturated heterocycles. The SMILES string of the molecule is CC(C)(C)OCC(C(=O)O)c1ccccc1. The summed E-state index contributed by atoms with van der Waals surface area (Å²) in [6.07, 6.45) is 0. The molecule has 1 rings (SSSR count). The maximum absolute atomic E-state index is 11.1. The molecule has 0 aromatic heterocycles. The molecule has 3 heteroatoms. The highest BCUT2D eigenvalue weighted by atomic mass is 16.5. The molecule has 0 radical (unpaired) electrons. The van der Waals surface area contributed by atoms with Crippen molar-refractivity contribution in [3.8, 4) is 0 Å². The van der Waals surface area contributed by atoms with Gasteiger partial charge in [-0.25, -0.2) is 0 Å². The Bertz CT molecular complexity index is 338. The third kappa shape index (κ3) is 4.03. The van der Waals surface area contributed by atoms with Crippen molar-refractivity contribution in [2.75, 3.05) is 6.61 Å². The quantitative estimate of drug-likeness (QED) is 0.852. The zero-order chi connectivity index (χ0) is 12.2. The van der Waals surface area contributed by atoms with Gasteiger partial charge in [0.1, 0.15) is 5.92 Å². The maximum atomic E-state index is 11.1. The van der Waals surface area contributed by atoms with E-state index in [4.69, 9.17) is 9.84 Å². The molecule has 88 valence electrons. The van der Waals surface area contributed by atoms with Crippen LogP contribution in [0.25, 0.3) is 0 Å². The normalized spacial score (nSPS) is 13.4. The average Bonchev–Trinajstić information content (AvgIpc) is 2.17. The van der Waals surface area contributed by atoms with Gasteiger partial charge < -0.3 is 9.84 Å². The summed E-state index contributed by atoms with van der Waals surface area (Å²) in [6, 6.07) is 9.16. The van der Waals surface area contributed by atoms with Gasteiger partial charge in [-0.2, -0.15) is 0 Å². The fraction of sp³-hybridized carbons (Fsp3) is 0.462. The first-order valence-corrected chi connectivity index (χ1v) is 5.32. The first-order valence-electron chi connectivity index (χ1n) is 5.32. The number of carbonyl (C=O) groups is 1. The Morgan fingerprint density at radius 1 is 1.31 bits per heavy atom. The summed E-state index contributed by atoms with van der Waals surface area (Å²) in [5.41, 5.74) is 0.460. The molecule has 1 atom stereocenters. The summed E-state index contributed by atoms with van der Waals surface area (Å²) < 4.78 is 5.53. The molecule has 0 aliphatic rings. The molecule has 16 heavy (non-hydrogen) atoms. The van der Waals surface area contributed by atoms with E-state index in [2.05, 4.69) is 0 Å². The van der Waals surface area contributed by atoms with Crippen LogP contribution < -0.4 is 0 Å². The van der Waals surface area contributed by atoms with Crippen molar-refractivity contribution in [1.29, 1.82) is 0 Å². The van der Waals surface area contributed by atoms with E-state index in [0.29, 0.717) is 0 Å². The molecule has 1 aromatic rings. The molecule has 3 nitrogen and oxygen atoms in total. The third-order valence-electron chi connectivity index (χ3n) is 2.18. The van der Waals surface area contributed by atoms with Gasteiger partial charge >= 0.3 is 5.97 Å². The number of rotatable bonds is 4. The molecule has 0 fully saturated rings.